The van der Waals surface area contributed by atoms with Gasteiger partial charge < -0.3 is 9.84 Å². The van der Waals surface area contributed by atoms with E-state index in [4.69, 9.17) is 4.74 Å². The molecule has 26 heavy (non-hydrogen) atoms. The van der Waals surface area contributed by atoms with E-state index in [2.05, 4.69) is 0 Å². The van der Waals surface area contributed by atoms with Crippen LogP contribution in [0.3, 0.4) is 0 Å². The van der Waals surface area contributed by atoms with Gasteiger partial charge in [0.2, 0.25) is 0 Å². The lowest BCUT2D eigenvalue weighted by atomic mass is 9.75. The Morgan fingerprint density at radius 3 is 2.65 bits per heavy atom. The number of pyridine rings is 1. The zero-order valence-corrected chi connectivity index (χ0v) is 14.5. The predicted molar refractivity (Wildman–Crippen MR) is 92.0 cm³/mol. The number of hydrogen-bond acceptors (Lipinski definition) is 6. The van der Waals surface area contributed by atoms with Gasteiger partial charge in [0.15, 0.2) is 0 Å². The number of ether oxygens (including phenoxy) is 1. The Balaban J connectivity index is 2.36. The van der Waals surface area contributed by atoms with Gasteiger partial charge in [0.1, 0.15) is 17.0 Å². The molecule has 1 aliphatic heterocycles. The van der Waals surface area contributed by atoms with Gasteiger partial charge >= 0.3 is 11.2 Å². The van der Waals surface area contributed by atoms with Gasteiger partial charge in [0, 0.05) is 17.8 Å². The maximum atomic E-state index is 12.7. The van der Waals surface area contributed by atoms with Crippen molar-refractivity contribution in [3.8, 4) is 11.8 Å². The first-order valence-corrected chi connectivity index (χ1v) is 7.91. The van der Waals surface area contributed by atoms with E-state index >= 15 is 0 Å². The molecule has 0 radical (unpaired) electrons. The second-order valence-electron chi connectivity index (χ2n) is 6.89. The highest BCUT2D eigenvalue weighted by Crippen LogP contribution is 2.47. The minimum atomic E-state index is -1.59. The number of rotatable bonds is 2. The second-order valence-corrected chi connectivity index (χ2v) is 6.89. The van der Waals surface area contributed by atoms with E-state index in [1.54, 1.807) is 26.0 Å². The average Bonchev–Trinajstić information content (AvgIpc) is 2.56. The lowest BCUT2D eigenvalue weighted by Crippen LogP contribution is -2.60. The summed E-state index contributed by atoms with van der Waals surface area (Å²) in [5.41, 5.74) is -3.38. The van der Waals surface area contributed by atoms with E-state index < -0.39 is 33.4 Å². The molecule has 0 saturated heterocycles. The van der Waals surface area contributed by atoms with Crippen molar-refractivity contribution in [1.29, 1.82) is 5.26 Å². The Labute approximate surface area is 149 Å². The molecule has 0 aliphatic carbocycles. The molecule has 1 aliphatic rings. The molecule has 0 fully saturated rings. The molecule has 1 aromatic carbocycles. The number of fused-ring (bicyclic) bond motifs is 1. The van der Waals surface area contributed by atoms with Crippen LogP contribution in [0, 0.1) is 21.4 Å². The summed E-state index contributed by atoms with van der Waals surface area (Å²) in [5, 5.41) is 31.6. The van der Waals surface area contributed by atoms with E-state index in [0.29, 0.717) is 16.9 Å². The summed E-state index contributed by atoms with van der Waals surface area (Å²) >= 11 is 0. The van der Waals surface area contributed by atoms with Crippen LogP contribution in [0.5, 0.6) is 5.75 Å². The number of aliphatic hydroxyl groups is 1. The first-order chi connectivity index (χ1) is 12.1. The lowest BCUT2D eigenvalue weighted by Gasteiger charge is -2.49. The van der Waals surface area contributed by atoms with Crippen LogP contribution < -0.4 is 10.3 Å². The number of hydrogen-bond donors (Lipinski definition) is 1. The van der Waals surface area contributed by atoms with Crippen molar-refractivity contribution in [3.05, 3.63) is 68.1 Å². The molecular weight excluding hydrogens is 338 g/mol. The molecule has 0 amide bonds. The van der Waals surface area contributed by atoms with Crippen molar-refractivity contribution >= 4 is 5.69 Å². The maximum absolute atomic E-state index is 12.7. The predicted octanol–water partition coefficient (Wildman–Crippen LogP) is 2.14. The van der Waals surface area contributed by atoms with Crippen molar-refractivity contribution in [3.63, 3.8) is 0 Å². The Bertz CT molecular complexity index is 1000. The summed E-state index contributed by atoms with van der Waals surface area (Å²) in [4.78, 5) is 23.1. The van der Waals surface area contributed by atoms with Crippen molar-refractivity contribution in [2.45, 2.75) is 38.0 Å². The third kappa shape index (κ3) is 2.45. The molecule has 8 nitrogen and oxygen atoms in total. The van der Waals surface area contributed by atoms with Gasteiger partial charge in [0.25, 0.3) is 0 Å². The fourth-order valence-corrected chi connectivity index (χ4v) is 3.20. The third-order valence-corrected chi connectivity index (χ3v) is 4.98. The topological polar surface area (TPSA) is 118 Å². The normalized spacial score (nSPS) is 23.4. The van der Waals surface area contributed by atoms with Crippen LogP contribution in [0.1, 0.15) is 37.9 Å². The van der Waals surface area contributed by atoms with E-state index in [1.807, 2.05) is 6.07 Å². The molecule has 1 N–H and O–H groups in total. The number of aromatic nitrogens is 1. The van der Waals surface area contributed by atoms with Crippen molar-refractivity contribution in [2.75, 3.05) is 0 Å². The summed E-state index contributed by atoms with van der Waals surface area (Å²) in [5.74, 6) is 0.406. The van der Waals surface area contributed by atoms with Crippen molar-refractivity contribution in [1.82, 2.24) is 4.57 Å². The zero-order chi connectivity index (χ0) is 19.3. The first kappa shape index (κ1) is 17.6. The van der Waals surface area contributed by atoms with Gasteiger partial charge in [-0.2, -0.15) is 5.26 Å². The molecule has 134 valence electrons. The van der Waals surface area contributed by atoms with Crippen LogP contribution in [0.2, 0.25) is 0 Å². The number of nitrogens with zero attached hydrogens (tertiary/aromatic N) is 3. The van der Waals surface area contributed by atoms with Gasteiger partial charge in [-0.05, 0) is 45.0 Å². The van der Waals surface area contributed by atoms with E-state index in [9.17, 15) is 25.3 Å². The van der Waals surface area contributed by atoms with Gasteiger partial charge in [0.05, 0.1) is 22.6 Å². The quantitative estimate of drug-likeness (QED) is 0.651. The largest absolute Gasteiger partial charge is 0.484 e. The summed E-state index contributed by atoms with van der Waals surface area (Å²) < 4.78 is 7.02. The number of nitro groups is 1. The highest BCUT2D eigenvalue weighted by Gasteiger charge is 2.54. The van der Waals surface area contributed by atoms with Gasteiger partial charge in [-0.15, -0.1) is 0 Å². The van der Waals surface area contributed by atoms with Crippen LogP contribution in [0.4, 0.5) is 5.69 Å². The van der Waals surface area contributed by atoms with Crippen LogP contribution in [0.25, 0.3) is 0 Å². The van der Waals surface area contributed by atoms with E-state index in [0.717, 1.165) is 10.6 Å². The average molecular weight is 355 g/mol. The highest BCUT2D eigenvalue weighted by molar-refractivity contribution is 5.48. The van der Waals surface area contributed by atoms with Crippen molar-refractivity contribution in [2.24, 2.45) is 0 Å². The Morgan fingerprint density at radius 1 is 1.35 bits per heavy atom. The minimum Gasteiger partial charge on any atom is -0.484 e. The molecule has 2 heterocycles. The van der Waals surface area contributed by atoms with Crippen molar-refractivity contribution < 1.29 is 14.8 Å². The summed E-state index contributed by atoms with van der Waals surface area (Å²) in [6.45, 7) is 4.85. The molecule has 1 aromatic heterocycles. The Kier molecular flexibility index (Phi) is 3.85. The SMILES string of the molecule is CC1(C)Oc2ccc(C#N)cc2C(n2cccc([N+](=O)[O-])c2=O)C1(C)O. The fourth-order valence-electron chi connectivity index (χ4n) is 3.20. The van der Waals surface area contributed by atoms with E-state index in [1.165, 1.54) is 25.3 Å². The maximum Gasteiger partial charge on any atom is 0.334 e. The smallest absolute Gasteiger partial charge is 0.334 e. The third-order valence-electron chi connectivity index (χ3n) is 4.98. The molecule has 0 bridgehead atoms. The molecule has 0 saturated carbocycles. The monoisotopic (exact) mass is 355 g/mol. The number of benzene rings is 1. The molecule has 0 spiro atoms. The highest BCUT2D eigenvalue weighted by atomic mass is 16.6. The van der Waals surface area contributed by atoms with Gasteiger partial charge in [-0.25, -0.2) is 0 Å². The molecule has 2 atom stereocenters. The number of nitriles is 1. The van der Waals surface area contributed by atoms with Crippen LogP contribution in [-0.4, -0.2) is 25.8 Å². The van der Waals surface area contributed by atoms with Crippen LogP contribution in [-0.2, 0) is 0 Å². The van der Waals surface area contributed by atoms with E-state index in [-0.39, 0.29) is 0 Å². The van der Waals surface area contributed by atoms with Crippen LogP contribution in [0.15, 0.2) is 41.3 Å². The molecule has 2 aromatic rings. The Morgan fingerprint density at radius 2 is 2.04 bits per heavy atom. The Hall–Kier alpha value is -3.18. The fraction of sp³-hybridized carbons (Fsp3) is 0.333. The zero-order valence-electron chi connectivity index (χ0n) is 14.5. The standard InChI is InChI=1S/C18H17N3O5/c1-17(2)18(3,23)15(12-9-11(10-19)6-7-14(12)26-17)20-8-4-5-13(16(20)22)21(24)25/h4-9,15,23H,1-3H3. The summed E-state index contributed by atoms with van der Waals surface area (Å²) in [7, 11) is 0. The van der Waals surface area contributed by atoms with Crippen LogP contribution >= 0.6 is 0 Å². The second kappa shape index (κ2) is 5.68. The molecular formula is C18H17N3O5. The molecule has 8 heteroatoms. The molecule has 3 rings (SSSR count). The summed E-state index contributed by atoms with van der Waals surface area (Å²) in [6.07, 6.45) is 1.39. The summed E-state index contributed by atoms with van der Waals surface area (Å²) in [6, 6.07) is 8.23. The minimum absolute atomic E-state index is 0.325. The lowest BCUT2D eigenvalue weighted by molar-refractivity contribution is -0.386. The first-order valence-electron chi connectivity index (χ1n) is 7.91. The molecule has 2 unspecified atom stereocenters. The van der Waals surface area contributed by atoms with Gasteiger partial charge in [-0.1, -0.05) is 0 Å². The van der Waals surface area contributed by atoms with Gasteiger partial charge in [-0.3, -0.25) is 19.5 Å².